The molecule has 2 aromatic carbocycles. The molecular weight excluding hydrogens is 427 g/mol. The van der Waals surface area contributed by atoms with Crippen LogP contribution in [-0.4, -0.2) is 38.9 Å². The van der Waals surface area contributed by atoms with E-state index in [2.05, 4.69) is 10.4 Å². The zero-order valence-corrected chi connectivity index (χ0v) is 17.6. The first-order valence-electron chi connectivity index (χ1n) is 9.04. The van der Waals surface area contributed by atoms with Gasteiger partial charge in [0.15, 0.2) is 0 Å². The Balaban J connectivity index is 1.54. The van der Waals surface area contributed by atoms with E-state index in [9.17, 15) is 14.4 Å². The van der Waals surface area contributed by atoms with Gasteiger partial charge in [-0.1, -0.05) is 41.4 Å². The summed E-state index contributed by atoms with van der Waals surface area (Å²) in [6, 6.07) is 12.2. The summed E-state index contributed by atoms with van der Waals surface area (Å²) in [5.74, 6) is -1.69. The van der Waals surface area contributed by atoms with Gasteiger partial charge in [0.25, 0.3) is 11.8 Å². The van der Waals surface area contributed by atoms with Gasteiger partial charge in [-0.05, 0) is 38.1 Å². The molecule has 1 aliphatic rings. The highest BCUT2D eigenvalue weighted by molar-refractivity contribution is 6.43. The highest BCUT2D eigenvalue weighted by atomic mass is 35.5. The fraction of sp³-hybridized carbons (Fsp3) is 0.143. The van der Waals surface area contributed by atoms with Gasteiger partial charge in [0.2, 0.25) is 5.91 Å². The smallest absolute Gasteiger partial charge is 0.262 e. The predicted molar refractivity (Wildman–Crippen MR) is 113 cm³/mol. The van der Waals surface area contributed by atoms with Gasteiger partial charge in [0.05, 0.1) is 43.9 Å². The van der Waals surface area contributed by atoms with E-state index in [-0.39, 0.29) is 21.2 Å². The standard InChI is InChI=1S/C21H16Cl2N4O3/c1-11-19(12(2)27(25-11)13-6-4-3-5-7-13)24-18(28)10-26-20(29)14-8-16(22)17(23)9-15(14)21(26)30/h3-9H,10H2,1-2H3,(H,24,28). The SMILES string of the molecule is Cc1nn(-c2ccccc2)c(C)c1NC(=O)CN1C(=O)c2cc(Cl)c(Cl)cc2C1=O. The minimum Gasteiger partial charge on any atom is -0.321 e. The Morgan fingerprint density at radius 3 is 2.13 bits per heavy atom. The second-order valence-corrected chi connectivity index (χ2v) is 7.66. The third-order valence-electron chi connectivity index (χ3n) is 4.87. The molecule has 1 aromatic heterocycles. The molecular formula is C21H16Cl2N4O3. The van der Waals surface area contributed by atoms with Crippen molar-refractivity contribution in [3.63, 3.8) is 0 Å². The average Bonchev–Trinajstić information content (AvgIpc) is 3.12. The quantitative estimate of drug-likeness (QED) is 0.618. The van der Waals surface area contributed by atoms with Gasteiger partial charge in [-0.3, -0.25) is 19.3 Å². The van der Waals surface area contributed by atoms with Gasteiger partial charge in [-0.25, -0.2) is 4.68 Å². The highest BCUT2D eigenvalue weighted by Gasteiger charge is 2.37. The molecule has 1 N–H and O–H groups in total. The van der Waals surface area contributed by atoms with E-state index in [1.54, 1.807) is 11.6 Å². The molecule has 3 amide bonds. The number of hydrogen-bond donors (Lipinski definition) is 1. The molecule has 1 aliphatic heterocycles. The summed E-state index contributed by atoms with van der Waals surface area (Å²) >= 11 is 11.9. The zero-order valence-electron chi connectivity index (χ0n) is 16.1. The van der Waals surface area contributed by atoms with Gasteiger partial charge in [0.1, 0.15) is 6.54 Å². The number of aromatic nitrogens is 2. The van der Waals surface area contributed by atoms with Crippen molar-refractivity contribution in [1.29, 1.82) is 0 Å². The van der Waals surface area contributed by atoms with Crippen molar-refractivity contribution in [2.75, 3.05) is 11.9 Å². The van der Waals surface area contributed by atoms with Crippen molar-refractivity contribution in [1.82, 2.24) is 14.7 Å². The van der Waals surface area contributed by atoms with Crippen LogP contribution in [0.15, 0.2) is 42.5 Å². The number of carbonyl (C=O) groups is 3. The number of nitrogens with zero attached hydrogens (tertiary/aromatic N) is 3. The van der Waals surface area contributed by atoms with Crippen LogP contribution in [0.25, 0.3) is 5.69 Å². The van der Waals surface area contributed by atoms with Crippen molar-refractivity contribution < 1.29 is 14.4 Å². The van der Waals surface area contributed by atoms with Gasteiger partial charge in [-0.15, -0.1) is 0 Å². The number of aryl methyl sites for hydroxylation is 1. The van der Waals surface area contributed by atoms with E-state index >= 15 is 0 Å². The number of fused-ring (bicyclic) bond motifs is 1. The van der Waals surface area contributed by atoms with Crippen LogP contribution in [0.3, 0.4) is 0 Å². The van der Waals surface area contributed by atoms with Crippen molar-refractivity contribution in [2.45, 2.75) is 13.8 Å². The lowest BCUT2D eigenvalue weighted by Gasteiger charge is -2.14. The second kappa shape index (κ2) is 7.59. The predicted octanol–water partition coefficient (Wildman–Crippen LogP) is 4.03. The van der Waals surface area contributed by atoms with Gasteiger partial charge >= 0.3 is 0 Å². The molecule has 0 spiro atoms. The molecule has 2 heterocycles. The van der Waals surface area contributed by atoms with Crippen LogP contribution in [-0.2, 0) is 4.79 Å². The number of amides is 3. The Morgan fingerprint density at radius 1 is 1.00 bits per heavy atom. The lowest BCUT2D eigenvalue weighted by molar-refractivity contribution is -0.116. The fourth-order valence-electron chi connectivity index (χ4n) is 3.39. The van der Waals surface area contributed by atoms with E-state index in [1.807, 2.05) is 37.3 Å². The van der Waals surface area contributed by atoms with Crippen LogP contribution >= 0.6 is 23.2 Å². The summed E-state index contributed by atoms with van der Waals surface area (Å²) in [4.78, 5) is 38.7. The molecule has 3 aromatic rings. The zero-order chi connectivity index (χ0) is 21.6. The molecule has 0 aliphatic carbocycles. The van der Waals surface area contributed by atoms with Crippen LogP contribution in [0, 0.1) is 13.8 Å². The fourth-order valence-corrected chi connectivity index (χ4v) is 3.72. The third-order valence-corrected chi connectivity index (χ3v) is 5.59. The summed E-state index contributed by atoms with van der Waals surface area (Å²) in [5, 5.41) is 7.58. The summed E-state index contributed by atoms with van der Waals surface area (Å²) < 4.78 is 1.72. The van der Waals surface area contributed by atoms with Crippen LogP contribution in [0.4, 0.5) is 5.69 Å². The number of imide groups is 1. The first-order chi connectivity index (χ1) is 14.3. The largest absolute Gasteiger partial charge is 0.321 e. The van der Waals surface area contributed by atoms with Gasteiger partial charge in [-0.2, -0.15) is 5.10 Å². The lowest BCUT2D eigenvalue weighted by atomic mass is 10.1. The number of benzene rings is 2. The molecule has 0 atom stereocenters. The number of carbonyl (C=O) groups excluding carboxylic acids is 3. The van der Waals surface area contributed by atoms with Gasteiger partial charge in [0, 0.05) is 0 Å². The molecule has 0 saturated heterocycles. The van der Waals surface area contributed by atoms with Crippen LogP contribution in [0.5, 0.6) is 0 Å². The van der Waals surface area contributed by atoms with Crippen LogP contribution in [0.1, 0.15) is 32.1 Å². The van der Waals surface area contributed by atoms with Crippen molar-refractivity contribution in [2.24, 2.45) is 0 Å². The topological polar surface area (TPSA) is 84.3 Å². The Kier molecular flexibility index (Phi) is 5.09. The maximum Gasteiger partial charge on any atom is 0.262 e. The molecule has 0 unspecified atom stereocenters. The molecule has 30 heavy (non-hydrogen) atoms. The molecule has 0 radical (unpaired) electrons. The van der Waals surface area contributed by atoms with Crippen molar-refractivity contribution in [3.8, 4) is 5.69 Å². The molecule has 9 heteroatoms. The van der Waals surface area contributed by atoms with Gasteiger partial charge < -0.3 is 5.32 Å². The Labute approximate surface area is 182 Å². The molecule has 7 nitrogen and oxygen atoms in total. The molecule has 152 valence electrons. The van der Waals surface area contributed by atoms with E-state index in [0.29, 0.717) is 11.4 Å². The molecule has 0 fully saturated rings. The van der Waals surface area contributed by atoms with Crippen LogP contribution in [0.2, 0.25) is 10.0 Å². The number of halogens is 2. The first kappa shape index (κ1) is 20.1. The maximum atomic E-state index is 12.6. The minimum atomic E-state index is -0.586. The maximum absolute atomic E-state index is 12.6. The monoisotopic (exact) mass is 442 g/mol. The number of rotatable bonds is 4. The number of hydrogen-bond acceptors (Lipinski definition) is 4. The summed E-state index contributed by atoms with van der Waals surface area (Å²) in [6.07, 6.45) is 0. The summed E-state index contributed by atoms with van der Waals surface area (Å²) in [6.45, 7) is 3.17. The Bertz CT molecular complexity index is 1160. The average molecular weight is 443 g/mol. The number of anilines is 1. The van der Waals surface area contributed by atoms with E-state index in [0.717, 1.165) is 16.3 Å². The Hall–Kier alpha value is -3.16. The van der Waals surface area contributed by atoms with Crippen LogP contribution < -0.4 is 5.32 Å². The normalized spacial score (nSPS) is 13.0. The highest BCUT2D eigenvalue weighted by Crippen LogP contribution is 2.31. The summed E-state index contributed by atoms with van der Waals surface area (Å²) in [7, 11) is 0. The van der Waals surface area contributed by atoms with E-state index in [4.69, 9.17) is 23.2 Å². The molecule has 4 rings (SSSR count). The van der Waals surface area contributed by atoms with Crippen molar-refractivity contribution in [3.05, 3.63) is 75.0 Å². The second-order valence-electron chi connectivity index (χ2n) is 6.85. The van der Waals surface area contributed by atoms with E-state index < -0.39 is 24.3 Å². The summed E-state index contributed by atoms with van der Waals surface area (Å²) in [5.41, 5.74) is 3.00. The minimum absolute atomic E-state index is 0.131. The van der Waals surface area contributed by atoms with Crippen molar-refractivity contribution >= 4 is 46.6 Å². The Morgan fingerprint density at radius 2 is 1.57 bits per heavy atom. The number of nitrogens with one attached hydrogen (secondary N) is 1. The molecule has 0 bridgehead atoms. The lowest BCUT2D eigenvalue weighted by Crippen LogP contribution is -2.37. The van der Waals surface area contributed by atoms with E-state index in [1.165, 1.54) is 12.1 Å². The number of para-hydroxylation sites is 1. The third kappa shape index (κ3) is 3.36. The first-order valence-corrected chi connectivity index (χ1v) is 9.80. The molecule has 0 saturated carbocycles.